The van der Waals surface area contributed by atoms with Gasteiger partial charge in [-0.15, -0.1) is 0 Å². The van der Waals surface area contributed by atoms with Crippen LogP contribution >= 0.6 is 0 Å². The number of rotatable bonds is 5. The van der Waals surface area contributed by atoms with E-state index in [1.165, 1.54) is 22.8 Å². The Morgan fingerprint density at radius 3 is 2.47 bits per heavy atom. The van der Waals surface area contributed by atoms with E-state index < -0.39 is 16.1 Å². The SMILES string of the molecule is CCS(=O)(=O)N1Cc2ccccc2CC1C(=O)Nc1ccc(N2CCCC2)c(C)c1. The number of aryl methyl sites for hydroxylation is 1. The Morgan fingerprint density at radius 1 is 1.10 bits per heavy atom. The van der Waals surface area contributed by atoms with Crippen molar-refractivity contribution in [2.45, 2.75) is 45.7 Å². The monoisotopic (exact) mass is 427 g/mol. The van der Waals surface area contributed by atoms with E-state index in [9.17, 15) is 13.2 Å². The molecule has 2 aliphatic rings. The van der Waals surface area contributed by atoms with Gasteiger partial charge in [0.25, 0.3) is 0 Å². The van der Waals surface area contributed by atoms with Crippen LogP contribution in [0.4, 0.5) is 11.4 Å². The third-order valence-corrected chi connectivity index (χ3v) is 7.97. The van der Waals surface area contributed by atoms with Gasteiger partial charge < -0.3 is 10.2 Å². The maximum atomic E-state index is 13.2. The first-order chi connectivity index (χ1) is 14.4. The number of nitrogens with one attached hydrogen (secondary N) is 1. The summed E-state index contributed by atoms with van der Waals surface area (Å²) in [4.78, 5) is 15.5. The highest BCUT2D eigenvalue weighted by Crippen LogP contribution is 2.29. The first-order valence-corrected chi connectivity index (χ1v) is 12.2. The Kier molecular flexibility index (Phi) is 5.84. The van der Waals surface area contributed by atoms with Crippen LogP contribution < -0.4 is 10.2 Å². The van der Waals surface area contributed by atoms with Crippen molar-refractivity contribution in [3.63, 3.8) is 0 Å². The fraction of sp³-hybridized carbons (Fsp3) is 0.435. The van der Waals surface area contributed by atoms with Crippen LogP contribution in [0.3, 0.4) is 0 Å². The highest BCUT2D eigenvalue weighted by Gasteiger charge is 2.38. The molecule has 4 rings (SSSR count). The summed E-state index contributed by atoms with van der Waals surface area (Å²) in [7, 11) is -3.51. The van der Waals surface area contributed by atoms with E-state index in [-0.39, 0.29) is 18.2 Å². The zero-order chi connectivity index (χ0) is 21.3. The van der Waals surface area contributed by atoms with Crippen LogP contribution in [0.5, 0.6) is 0 Å². The lowest BCUT2D eigenvalue weighted by Gasteiger charge is -2.34. The Hall–Kier alpha value is -2.38. The molecule has 1 amide bonds. The summed E-state index contributed by atoms with van der Waals surface area (Å²) in [5.74, 6) is -0.308. The molecule has 2 aliphatic heterocycles. The van der Waals surface area contributed by atoms with Gasteiger partial charge in [-0.3, -0.25) is 4.79 Å². The summed E-state index contributed by atoms with van der Waals surface area (Å²) in [6.45, 7) is 6.03. The third-order valence-electron chi connectivity index (χ3n) is 6.14. The molecule has 2 aromatic rings. The molecule has 0 aliphatic carbocycles. The normalized spacial score (nSPS) is 19.5. The molecule has 2 heterocycles. The second-order valence-corrected chi connectivity index (χ2v) is 10.3. The zero-order valence-corrected chi connectivity index (χ0v) is 18.4. The highest BCUT2D eigenvalue weighted by molar-refractivity contribution is 7.89. The van der Waals surface area contributed by atoms with Crippen molar-refractivity contribution < 1.29 is 13.2 Å². The minimum Gasteiger partial charge on any atom is -0.371 e. The van der Waals surface area contributed by atoms with Crippen LogP contribution in [0.15, 0.2) is 42.5 Å². The van der Waals surface area contributed by atoms with Gasteiger partial charge in [0.05, 0.1) is 5.75 Å². The summed E-state index contributed by atoms with van der Waals surface area (Å²) in [6, 6.07) is 12.9. The average molecular weight is 428 g/mol. The van der Waals surface area contributed by atoms with E-state index in [1.54, 1.807) is 6.92 Å². The van der Waals surface area contributed by atoms with Crippen LogP contribution in [0.1, 0.15) is 36.5 Å². The standard InChI is InChI=1S/C23H29N3O3S/c1-3-30(28,29)26-16-19-9-5-4-8-18(19)15-22(26)23(27)24-20-10-11-21(17(2)14-20)25-12-6-7-13-25/h4-5,8-11,14,22H,3,6-7,12-13,15-16H2,1-2H3,(H,24,27). The number of hydrogen-bond donors (Lipinski definition) is 1. The topological polar surface area (TPSA) is 69.7 Å². The van der Waals surface area contributed by atoms with E-state index in [0.29, 0.717) is 12.1 Å². The Bertz CT molecular complexity index is 1050. The van der Waals surface area contributed by atoms with E-state index in [4.69, 9.17) is 0 Å². The summed E-state index contributed by atoms with van der Waals surface area (Å²) in [5.41, 5.74) is 5.01. The van der Waals surface area contributed by atoms with Crippen LogP contribution in [-0.2, 0) is 27.8 Å². The van der Waals surface area contributed by atoms with Gasteiger partial charge in [0.15, 0.2) is 0 Å². The first kappa shape index (κ1) is 20.9. The predicted molar refractivity (Wildman–Crippen MR) is 120 cm³/mol. The van der Waals surface area contributed by atoms with Crippen LogP contribution in [0.2, 0.25) is 0 Å². The fourth-order valence-electron chi connectivity index (χ4n) is 4.45. The summed E-state index contributed by atoms with van der Waals surface area (Å²) >= 11 is 0. The van der Waals surface area contributed by atoms with Crippen molar-refractivity contribution in [1.29, 1.82) is 0 Å². The molecule has 2 aromatic carbocycles. The second kappa shape index (κ2) is 8.40. The molecule has 1 N–H and O–H groups in total. The molecule has 0 aromatic heterocycles. The smallest absolute Gasteiger partial charge is 0.243 e. The summed E-state index contributed by atoms with van der Waals surface area (Å²) in [6.07, 6.45) is 2.80. The average Bonchev–Trinajstić information content (AvgIpc) is 3.27. The molecule has 1 unspecified atom stereocenters. The van der Waals surface area contributed by atoms with E-state index in [1.807, 2.05) is 49.4 Å². The van der Waals surface area contributed by atoms with Gasteiger partial charge in [-0.25, -0.2) is 8.42 Å². The molecule has 6 nitrogen and oxygen atoms in total. The van der Waals surface area contributed by atoms with Gasteiger partial charge in [-0.1, -0.05) is 24.3 Å². The number of sulfonamides is 1. The fourth-order valence-corrected chi connectivity index (χ4v) is 5.68. The number of anilines is 2. The third kappa shape index (κ3) is 4.09. The quantitative estimate of drug-likeness (QED) is 0.795. The number of fused-ring (bicyclic) bond motifs is 1. The minimum atomic E-state index is -3.51. The molecular weight excluding hydrogens is 398 g/mol. The molecular formula is C23H29N3O3S. The molecule has 0 spiro atoms. The van der Waals surface area contributed by atoms with E-state index in [0.717, 1.165) is 29.8 Å². The predicted octanol–water partition coefficient (Wildman–Crippen LogP) is 3.31. The lowest BCUT2D eigenvalue weighted by atomic mass is 9.95. The second-order valence-electron chi connectivity index (χ2n) is 8.12. The molecule has 7 heteroatoms. The molecule has 1 saturated heterocycles. The molecule has 0 radical (unpaired) electrons. The minimum absolute atomic E-state index is 0.0252. The van der Waals surface area contributed by atoms with Crippen molar-refractivity contribution in [2.24, 2.45) is 0 Å². The van der Waals surface area contributed by atoms with Crippen LogP contribution in [-0.4, -0.2) is 43.5 Å². The van der Waals surface area contributed by atoms with E-state index in [2.05, 4.69) is 10.2 Å². The molecule has 0 saturated carbocycles. The zero-order valence-electron chi connectivity index (χ0n) is 17.6. The molecule has 0 bridgehead atoms. The van der Waals surface area contributed by atoms with Gasteiger partial charge >= 0.3 is 0 Å². The summed E-state index contributed by atoms with van der Waals surface area (Å²) < 4.78 is 26.8. The number of carbonyl (C=O) groups excluding carboxylic acids is 1. The largest absolute Gasteiger partial charge is 0.371 e. The number of amides is 1. The maximum absolute atomic E-state index is 13.2. The Balaban J connectivity index is 1.57. The van der Waals surface area contributed by atoms with Crippen LogP contribution in [0.25, 0.3) is 0 Å². The van der Waals surface area contributed by atoms with Crippen molar-refractivity contribution in [3.05, 3.63) is 59.2 Å². The maximum Gasteiger partial charge on any atom is 0.243 e. The molecule has 1 fully saturated rings. The highest BCUT2D eigenvalue weighted by atomic mass is 32.2. The number of benzene rings is 2. The number of hydrogen-bond acceptors (Lipinski definition) is 4. The van der Waals surface area contributed by atoms with Crippen molar-refractivity contribution in [3.8, 4) is 0 Å². The van der Waals surface area contributed by atoms with Gasteiger partial charge in [0.1, 0.15) is 6.04 Å². The van der Waals surface area contributed by atoms with Gasteiger partial charge in [0.2, 0.25) is 15.9 Å². The molecule has 30 heavy (non-hydrogen) atoms. The molecule has 160 valence electrons. The lowest BCUT2D eigenvalue weighted by Crippen LogP contribution is -2.51. The Morgan fingerprint density at radius 2 is 1.80 bits per heavy atom. The van der Waals surface area contributed by atoms with Gasteiger partial charge in [0, 0.05) is 31.0 Å². The van der Waals surface area contributed by atoms with Crippen LogP contribution in [0, 0.1) is 6.92 Å². The number of nitrogens with zero attached hydrogens (tertiary/aromatic N) is 2. The van der Waals surface area contributed by atoms with Crippen molar-refractivity contribution >= 4 is 27.3 Å². The van der Waals surface area contributed by atoms with E-state index >= 15 is 0 Å². The van der Waals surface area contributed by atoms with Gasteiger partial charge in [-0.2, -0.15) is 4.31 Å². The lowest BCUT2D eigenvalue weighted by molar-refractivity contribution is -0.120. The van der Waals surface area contributed by atoms with Crippen molar-refractivity contribution in [2.75, 3.05) is 29.1 Å². The van der Waals surface area contributed by atoms with Gasteiger partial charge in [-0.05, 0) is 68.0 Å². The summed E-state index contributed by atoms with van der Waals surface area (Å²) in [5, 5.41) is 2.96. The van der Waals surface area contributed by atoms with Crippen molar-refractivity contribution in [1.82, 2.24) is 4.31 Å². The Labute approximate surface area is 178 Å². The molecule has 1 atom stereocenters. The first-order valence-electron chi connectivity index (χ1n) is 10.6. The number of carbonyl (C=O) groups is 1.